The lowest BCUT2D eigenvalue weighted by molar-refractivity contribution is -0.127. The number of ketones is 1. The van der Waals surface area contributed by atoms with Gasteiger partial charge in [0.1, 0.15) is 17.5 Å². The van der Waals surface area contributed by atoms with Gasteiger partial charge in [-0.15, -0.1) is 10.2 Å². The third-order valence-corrected chi connectivity index (χ3v) is 8.38. The number of likely N-dealkylation sites (tertiary alicyclic amines) is 1. The van der Waals surface area contributed by atoms with Crippen molar-refractivity contribution in [2.45, 2.75) is 44.2 Å². The SMILES string of the molecule is COc1cccc2[nH]c(C(=O)N3CC4CCCC4C3C(=O)NC(CC3CCNC3=O)C(=O)c3nnco3)cc12. The van der Waals surface area contributed by atoms with Crippen molar-refractivity contribution in [3.05, 3.63) is 42.2 Å². The lowest BCUT2D eigenvalue weighted by atomic mass is 9.92. The van der Waals surface area contributed by atoms with Crippen LogP contribution in [0.2, 0.25) is 0 Å². The van der Waals surface area contributed by atoms with E-state index in [1.165, 1.54) is 0 Å². The molecule has 1 saturated carbocycles. The molecular formula is C27H30N6O6. The van der Waals surface area contributed by atoms with Gasteiger partial charge < -0.3 is 29.7 Å². The number of amides is 3. The van der Waals surface area contributed by atoms with Gasteiger partial charge in [0.2, 0.25) is 24.0 Å². The standard InChI is InChI=1S/C27H30N6O6/c1-38-21-7-3-6-18-17(21)11-20(30-18)27(37)33-12-15-4-2-5-16(15)22(33)25(36)31-19(10-14-8-9-28-24(14)35)23(34)26-32-29-13-39-26/h3,6-7,11,13-16,19,22,30H,2,4-5,8-10,12H2,1H3,(H,28,35)(H,31,36). The van der Waals surface area contributed by atoms with Crippen molar-refractivity contribution in [3.8, 4) is 5.75 Å². The molecule has 0 spiro atoms. The summed E-state index contributed by atoms with van der Waals surface area (Å²) in [6.07, 6.45) is 4.45. The summed E-state index contributed by atoms with van der Waals surface area (Å²) in [6.45, 7) is 0.976. The van der Waals surface area contributed by atoms with Gasteiger partial charge in [-0.05, 0) is 55.7 Å². The van der Waals surface area contributed by atoms with E-state index in [4.69, 9.17) is 9.15 Å². The van der Waals surface area contributed by atoms with E-state index in [1.54, 1.807) is 18.1 Å². The zero-order valence-corrected chi connectivity index (χ0v) is 21.5. The summed E-state index contributed by atoms with van der Waals surface area (Å²) >= 11 is 0. The van der Waals surface area contributed by atoms with Crippen molar-refractivity contribution in [1.82, 2.24) is 30.7 Å². The monoisotopic (exact) mass is 534 g/mol. The summed E-state index contributed by atoms with van der Waals surface area (Å²) in [5, 5.41) is 13.7. The van der Waals surface area contributed by atoms with Gasteiger partial charge in [-0.2, -0.15) is 0 Å². The summed E-state index contributed by atoms with van der Waals surface area (Å²) in [7, 11) is 1.58. The molecule has 3 aliphatic rings. The fourth-order valence-electron chi connectivity index (χ4n) is 6.50. The van der Waals surface area contributed by atoms with Crippen LogP contribution in [-0.4, -0.2) is 75.9 Å². The maximum absolute atomic E-state index is 13.9. The summed E-state index contributed by atoms with van der Waals surface area (Å²) in [4.78, 5) is 58.0. The normalized spacial score (nSPS) is 24.9. The van der Waals surface area contributed by atoms with Crippen LogP contribution in [0.5, 0.6) is 5.75 Å². The van der Waals surface area contributed by atoms with Gasteiger partial charge in [-0.3, -0.25) is 19.2 Å². The second-order valence-electron chi connectivity index (χ2n) is 10.5. The van der Waals surface area contributed by atoms with Gasteiger partial charge >= 0.3 is 0 Å². The van der Waals surface area contributed by atoms with Crippen LogP contribution in [0.1, 0.15) is 53.3 Å². The Morgan fingerprint density at radius 1 is 1.26 bits per heavy atom. The van der Waals surface area contributed by atoms with Crippen molar-refractivity contribution in [1.29, 1.82) is 0 Å². The van der Waals surface area contributed by atoms with E-state index < -0.39 is 29.7 Å². The Morgan fingerprint density at radius 3 is 2.87 bits per heavy atom. The minimum atomic E-state index is -1.04. The predicted octanol–water partition coefficient (Wildman–Crippen LogP) is 1.69. The van der Waals surface area contributed by atoms with E-state index in [1.807, 2.05) is 18.2 Å². The first kappa shape index (κ1) is 25.1. The summed E-state index contributed by atoms with van der Waals surface area (Å²) in [6, 6.07) is 5.50. The highest BCUT2D eigenvalue weighted by atomic mass is 16.5. The number of carbonyl (C=O) groups excluding carboxylic acids is 4. The Balaban J connectivity index is 1.28. The van der Waals surface area contributed by atoms with Gasteiger partial charge in [0.25, 0.3) is 11.8 Å². The van der Waals surface area contributed by atoms with Crippen molar-refractivity contribution in [2.24, 2.45) is 17.8 Å². The maximum atomic E-state index is 13.9. The van der Waals surface area contributed by atoms with E-state index in [0.29, 0.717) is 31.0 Å². The largest absolute Gasteiger partial charge is 0.496 e. The quantitative estimate of drug-likeness (QED) is 0.368. The van der Waals surface area contributed by atoms with Gasteiger partial charge in [0.05, 0.1) is 13.2 Å². The molecule has 6 rings (SSSR count). The number of methoxy groups -OCH3 is 1. The van der Waals surface area contributed by atoms with Crippen LogP contribution < -0.4 is 15.4 Å². The topological polar surface area (TPSA) is 160 Å². The molecule has 12 heteroatoms. The van der Waals surface area contributed by atoms with Crippen LogP contribution in [-0.2, 0) is 9.59 Å². The van der Waals surface area contributed by atoms with Crippen molar-refractivity contribution in [3.63, 3.8) is 0 Å². The molecule has 5 atom stereocenters. The van der Waals surface area contributed by atoms with Crippen LogP contribution in [0.25, 0.3) is 10.9 Å². The molecule has 2 saturated heterocycles. The molecule has 3 amide bonds. The first-order valence-electron chi connectivity index (χ1n) is 13.3. The fraction of sp³-hybridized carbons (Fsp3) is 0.481. The lowest BCUT2D eigenvalue weighted by Crippen LogP contribution is -2.53. The molecule has 1 aliphatic carbocycles. The molecular weight excluding hydrogens is 504 g/mol. The molecule has 204 valence electrons. The number of rotatable bonds is 8. The highest BCUT2D eigenvalue weighted by Gasteiger charge is 2.50. The number of aromatic nitrogens is 3. The lowest BCUT2D eigenvalue weighted by Gasteiger charge is -2.29. The molecule has 5 unspecified atom stereocenters. The Kier molecular flexibility index (Phi) is 6.53. The average molecular weight is 535 g/mol. The van der Waals surface area contributed by atoms with Crippen LogP contribution in [0.15, 0.2) is 35.1 Å². The molecule has 3 aromatic rings. The molecule has 2 aromatic heterocycles. The van der Waals surface area contributed by atoms with E-state index in [9.17, 15) is 19.2 Å². The van der Waals surface area contributed by atoms with Gasteiger partial charge in [-0.1, -0.05) is 12.5 Å². The van der Waals surface area contributed by atoms with Gasteiger partial charge in [0, 0.05) is 29.9 Å². The number of hydrogen-bond donors (Lipinski definition) is 3. The molecule has 4 heterocycles. The van der Waals surface area contributed by atoms with Crippen molar-refractivity contribution < 1.29 is 28.3 Å². The number of carbonyl (C=O) groups is 4. The fourth-order valence-corrected chi connectivity index (χ4v) is 6.50. The number of nitrogens with zero attached hydrogens (tertiary/aromatic N) is 3. The molecule has 0 bridgehead atoms. The number of nitrogens with one attached hydrogen (secondary N) is 3. The summed E-state index contributed by atoms with van der Waals surface area (Å²) in [5.74, 6) is -1.23. The number of Topliss-reactive ketones (excluding diaryl/α,β-unsaturated/α-hetero) is 1. The molecule has 39 heavy (non-hydrogen) atoms. The van der Waals surface area contributed by atoms with E-state index in [0.717, 1.165) is 36.6 Å². The van der Waals surface area contributed by atoms with Gasteiger partial charge in [-0.25, -0.2) is 0 Å². The first-order chi connectivity index (χ1) is 18.9. The Hall–Kier alpha value is -4.22. The van der Waals surface area contributed by atoms with Crippen LogP contribution in [0.3, 0.4) is 0 Å². The molecule has 3 fully saturated rings. The minimum absolute atomic E-state index is 0.0122. The highest BCUT2D eigenvalue weighted by Crippen LogP contribution is 2.43. The summed E-state index contributed by atoms with van der Waals surface area (Å²) < 4.78 is 10.5. The molecule has 2 aliphatic heterocycles. The summed E-state index contributed by atoms with van der Waals surface area (Å²) in [5.41, 5.74) is 1.13. The van der Waals surface area contributed by atoms with Gasteiger partial charge in [0.15, 0.2) is 0 Å². The van der Waals surface area contributed by atoms with E-state index in [-0.39, 0.29) is 36.0 Å². The second kappa shape index (κ2) is 10.2. The zero-order valence-electron chi connectivity index (χ0n) is 21.5. The molecule has 3 N–H and O–H groups in total. The smallest absolute Gasteiger partial charge is 0.286 e. The number of benzene rings is 1. The first-order valence-corrected chi connectivity index (χ1v) is 13.3. The maximum Gasteiger partial charge on any atom is 0.286 e. The zero-order chi connectivity index (χ0) is 27.1. The number of aromatic amines is 1. The Bertz CT molecular complexity index is 1420. The van der Waals surface area contributed by atoms with Crippen LogP contribution in [0.4, 0.5) is 0 Å². The minimum Gasteiger partial charge on any atom is -0.496 e. The van der Waals surface area contributed by atoms with Crippen molar-refractivity contribution >= 4 is 34.4 Å². The molecule has 0 radical (unpaired) electrons. The van der Waals surface area contributed by atoms with Crippen molar-refractivity contribution in [2.75, 3.05) is 20.2 Å². The average Bonchev–Trinajstić information content (AvgIpc) is 3.75. The third-order valence-electron chi connectivity index (χ3n) is 8.38. The van der Waals surface area contributed by atoms with Crippen LogP contribution in [0, 0.1) is 17.8 Å². The second-order valence-corrected chi connectivity index (χ2v) is 10.5. The number of H-pyrrole nitrogens is 1. The Labute approximate surface area is 223 Å². The van der Waals surface area contributed by atoms with E-state index >= 15 is 0 Å². The highest BCUT2D eigenvalue weighted by molar-refractivity contribution is 6.03. The number of ether oxygens (including phenoxy) is 1. The predicted molar refractivity (Wildman–Crippen MR) is 137 cm³/mol. The number of hydrogen-bond acceptors (Lipinski definition) is 8. The molecule has 1 aromatic carbocycles. The number of fused-ring (bicyclic) bond motifs is 2. The Morgan fingerprint density at radius 2 is 2.13 bits per heavy atom. The third kappa shape index (κ3) is 4.53. The van der Waals surface area contributed by atoms with E-state index in [2.05, 4.69) is 25.8 Å². The van der Waals surface area contributed by atoms with Crippen LogP contribution >= 0.6 is 0 Å². The molecule has 12 nitrogen and oxygen atoms in total.